The zero-order valence-corrected chi connectivity index (χ0v) is 13.6. The molecule has 0 radical (unpaired) electrons. The molecule has 1 unspecified atom stereocenters. The number of H-pyrrole nitrogens is 1. The Morgan fingerprint density at radius 3 is 2.68 bits per heavy atom. The number of amides is 1. The first-order valence-electron chi connectivity index (χ1n) is 7.31. The summed E-state index contributed by atoms with van der Waals surface area (Å²) in [5.74, 6) is 0.583. The lowest BCUT2D eigenvalue weighted by Crippen LogP contribution is -2.45. The predicted octanol–water partition coefficient (Wildman–Crippen LogP) is 1.92. The number of piperidine rings is 3. The van der Waals surface area contributed by atoms with Gasteiger partial charge in [0.2, 0.25) is 5.43 Å². The van der Waals surface area contributed by atoms with Crippen molar-refractivity contribution in [1.29, 1.82) is 0 Å². The number of thiophene rings is 1. The van der Waals surface area contributed by atoms with E-state index in [9.17, 15) is 9.59 Å². The fraction of sp³-hybridized carbons (Fsp3) is 0.467. The van der Waals surface area contributed by atoms with Crippen LogP contribution in [0.15, 0.2) is 17.1 Å². The lowest BCUT2D eigenvalue weighted by Gasteiger charge is -2.44. The second kappa shape index (κ2) is 5.68. The van der Waals surface area contributed by atoms with Gasteiger partial charge in [0.15, 0.2) is 0 Å². The van der Waals surface area contributed by atoms with E-state index in [1.165, 1.54) is 48.3 Å². The van der Waals surface area contributed by atoms with Gasteiger partial charge in [-0.3, -0.25) is 9.59 Å². The van der Waals surface area contributed by atoms with Crippen LogP contribution in [-0.4, -0.2) is 35.4 Å². The molecule has 0 spiro atoms. The third kappa shape index (κ3) is 2.35. The maximum Gasteiger partial charge on any atom is 0.254 e. The first kappa shape index (κ1) is 15.5. The number of carbonyl (C=O) groups excluding carboxylic acids is 1. The molecule has 1 atom stereocenters. The van der Waals surface area contributed by atoms with Crippen LogP contribution in [0.4, 0.5) is 0 Å². The number of carbonyl (C=O) groups is 1. The highest BCUT2D eigenvalue weighted by Crippen LogP contribution is 2.42. The Hall–Kier alpha value is -1.37. The number of aromatic amines is 1. The van der Waals surface area contributed by atoms with Gasteiger partial charge in [0.05, 0.1) is 10.2 Å². The number of primary amides is 1. The fourth-order valence-corrected chi connectivity index (χ4v) is 4.94. The van der Waals surface area contributed by atoms with Crippen LogP contribution < -0.4 is 11.2 Å². The number of nitrogens with two attached hydrogens (primary N) is 1. The van der Waals surface area contributed by atoms with E-state index in [-0.39, 0.29) is 23.4 Å². The van der Waals surface area contributed by atoms with Gasteiger partial charge in [0.1, 0.15) is 5.56 Å². The third-order valence-electron chi connectivity index (χ3n) is 4.86. The lowest BCUT2D eigenvalue weighted by molar-refractivity contribution is 0.0885. The van der Waals surface area contributed by atoms with Crippen LogP contribution in [0.5, 0.6) is 0 Å². The first-order valence-corrected chi connectivity index (χ1v) is 8.12. The molecule has 118 valence electrons. The van der Waals surface area contributed by atoms with E-state index in [1.54, 1.807) is 0 Å². The van der Waals surface area contributed by atoms with Crippen molar-refractivity contribution < 1.29 is 4.79 Å². The molecule has 5 heterocycles. The van der Waals surface area contributed by atoms with E-state index in [1.807, 2.05) is 0 Å². The number of hydrogen-bond donors (Lipinski definition) is 2. The van der Waals surface area contributed by atoms with Crippen molar-refractivity contribution in [3.63, 3.8) is 0 Å². The first-order chi connectivity index (χ1) is 10.1. The van der Waals surface area contributed by atoms with Crippen molar-refractivity contribution in [2.24, 2.45) is 11.7 Å². The number of halogens is 1. The van der Waals surface area contributed by atoms with Gasteiger partial charge in [-0.15, -0.1) is 23.7 Å². The molecule has 22 heavy (non-hydrogen) atoms. The van der Waals surface area contributed by atoms with E-state index >= 15 is 0 Å². The molecule has 3 saturated heterocycles. The zero-order valence-electron chi connectivity index (χ0n) is 12.0. The highest BCUT2D eigenvalue weighted by molar-refractivity contribution is 7.19. The second-order valence-electron chi connectivity index (χ2n) is 6.03. The molecule has 3 aliphatic rings. The number of hydrogen-bond acceptors (Lipinski definition) is 4. The molecule has 3 aliphatic heterocycles. The summed E-state index contributed by atoms with van der Waals surface area (Å²) in [7, 11) is 0. The van der Waals surface area contributed by atoms with E-state index < -0.39 is 5.91 Å². The monoisotopic (exact) mass is 339 g/mol. The van der Waals surface area contributed by atoms with Gasteiger partial charge >= 0.3 is 0 Å². The number of fused-ring (bicyclic) bond motifs is 4. The van der Waals surface area contributed by atoms with Gasteiger partial charge in [0, 0.05) is 23.5 Å². The zero-order chi connectivity index (χ0) is 14.6. The number of rotatable bonds is 2. The second-order valence-corrected chi connectivity index (χ2v) is 7.12. The molecular formula is C15H18ClN3O2S. The van der Waals surface area contributed by atoms with Crippen molar-refractivity contribution in [2.45, 2.75) is 18.8 Å². The van der Waals surface area contributed by atoms with Gasteiger partial charge in [-0.25, -0.2) is 0 Å². The van der Waals surface area contributed by atoms with E-state index in [2.05, 4.69) is 16.0 Å². The van der Waals surface area contributed by atoms with E-state index in [0.717, 1.165) is 18.0 Å². The van der Waals surface area contributed by atoms with Crippen LogP contribution in [-0.2, 0) is 0 Å². The Balaban J connectivity index is 0.00000144. The Kier molecular flexibility index (Phi) is 4.01. The summed E-state index contributed by atoms with van der Waals surface area (Å²) < 4.78 is 0.623. The van der Waals surface area contributed by atoms with Crippen molar-refractivity contribution in [2.75, 3.05) is 19.6 Å². The summed E-state index contributed by atoms with van der Waals surface area (Å²) in [5.41, 5.74) is 5.87. The summed E-state index contributed by atoms with van der Waals surface area (Å²) in [4.78, 5) is 30.4. The fourth-order valence-electron chi connectivity index (χ4n) is 3.68. The third-order valence-corrected chi connectivity index (χ3v) is 6.13. The Morgan fingerprint density at radius 2 is 2.09 bits per heavy atom. The summed E-state index contributed by atoms with van der Waals surface area (Å²) in [6.07, 6.45) is 3.93. The largest absolute Gasteiger partial charge is 0.365 e. The molecule has 2 aromatic heterocycles. The van der Waals surface area contributed by atoms with E-state index in [0.29, 0.717) is 10.6 Å². The van der Waals surface area contributed by atoms with E-state index in [4.69, 9.17) is 5.73 Å². The molecule has 2 bridgehead atoms. The average Bonchev–Trinajstić information content (AvgIpc) is 2.93. The van der Waals surface area contributed by atoms with Crippen molar-refractivity contribution >= 4 is 39.9 Å². The van der Waals surface area contributed by atoms with Gasteiger partial charge in [-0.1, -0.05) is 0 Å². The standard InChI is InChI=1S/C15H17N3O2S.ClH/c16-15(20)9-6-17-11-5-12(21-14(11)13(9)19)10-7-18-3-1-8(10)2-4-18;/h5-6,8,10H,1-4,7H2,(H2,16,20)(H,17,19);1H. The SMILES string of the molecule is Cl.NC(=O)c1c[nH]c2cc(C3CN4CCC3CC4)sc2c1=O. The lowest BCUT2D eigenvalue weighted by atomic mass is 9.78. The van der Waals surface area contributed by atoms with Gasteiger partial charge in [-0.05, 0) is 37.9 Å². The number of pyridine rings is 1. The predicted molar refractivity (Wildman–Crippen MR) is 90.1 cm³/mol. The van der Waals surface area contributed by atoms with Crippen LogP contribution in [0.3, 0.4) is 0 Å². The van der Waals surface area contributed by atoms with Gasteiger partial charge < -0.3 is 15.6 Å². The summed E-state index contributed by atoms with van der Waals surface area (Å²) in [5, 5.41) is 0. The molecule has 3 N–H and O–H groups in total. The minimum absolute atomic E-state index is 0. The van der Waals surface area contributed by atoms with Crippen LogP contribution in [0.25, 0.3) is 10.2 Å². The van der Waals surface area contributed by atoms with Crippen molar-refractivity contribution in [3.05, 3.63) is 32.9 Å². The minimum Gasteiger partial charge on any atom is -0.365 e. The topological polar surface area (TPSA) is 79.2 Å². The quantitative estimate of drug-likeness (QED) is 0.877. The minimum atomic E-state index is -0.670. The molecule has 3 fully saturated rings. The van der Waals surface area contributed by atoms with Crippen LogP contribution in [0.1, 0.15) is 34.0 Å². The molecule has 1 amide bonds. The number of aromatic nitrogens is 1. The molecule has 7 heteroatoms. The Labute approximate surface area is 137 Å². The summed E-state index contributed by atoms with van der Waals surface area (Å²) in [6, 6.07) is 2.08. The Bertz CT molecular complexity index is 777. The molecule has 0 aliphatic carbocycles. The van der Waals surface area contributed by atoms with Crippen LogP contribution in [0, 0.1) is 5.92 Å². The van der Waals surface area contributed by atoms with Crippen molar-refractivity contribution in [1.82, 2.24) is 9.88 Å². The maximum absolute atomic E-state index is 12.3. The number of nitrogens with one attached hydrogen (secondary N) is 1. The molecule has 0 aromatic carbocycles. The van der Waals surface area contributed by atoms with Crippen LogP contribution in [0.2, 0.25) is 0 Å². The van der Waals surface area contributed by atoms with Crippen LogP contribution >= 0.6 is 23.7 Å². The Morgan fingerprint density at radius 1 is 1.36 bits per heavy atom. The van der Waals surface area contributed by atoms with Gasteiger partial charge in [-0.2, -0.15) is 0 Å². The summed E-state index contributed by atoms with van der Waals surface area (Å²) in [6.45, 7) is 3.50. The normalized spacial score (nSPS) is 26.8. The highest BCUT2D eigenvalue weighted by Gasteiger charge is 2.35. The summed E-state index contributed by atoms with van der Waals surface area (Å²) >= 11 is 1.52. The van der Waals surface area contributed by atoms with Gasteiger partial charge in [0.25, 0.3) is 5.91 Å². The molecule has 0 saturated carbocycles. The average molecular weight is 340 g/mol. The maximum atomic E-state index is 12.3. The molecular weight excluding hydrogens is 322 g/mol. The highest BCUT2D eigenvalue weighted by atomic mass is 35.5. The number of nitrogens with zero attached hydrogens (tertiary/aromatic N) is 1. The molecule has 2 aromatic rings. The molecule has 5 rings (SSSR count). The smallest absolute Gasteiger partial charge is 0.254 e. The van der Waals surface area contributed by atoms with Crippen molar-refractivity contribution in [3.8, 4) is 0 Å². The molecule has 5 nitrogen and oxygen atoms in total.